The largest absolute Gasteiger partial charge is 0.329 e. The van der Waals surface area contributed by atoms with Crippen molar-refractivity contribution >= 4 is 22.9 Å². The number of halogens is 1. The molecule has 3 rings (SSSR count). The molecule has 0 spiro atoms. The van der Waals surface area contributed by atoms with Crippen LogP contribution in [0.2, 0.25) is 4.34 Å². The Morgan fingerprint density at radius 1 is 1.33 bits per heavy atom. The van der Waals surface area contributed by atoms with E-state index in [2.05, 4.69) is 11.0 Å². The fourth-order valence-electron chi connectivity index (χ4n) is 3.80. The second kappa shape index (κ2) is 5.49. The quantitative estimate of drug-likeness (QED) is 0.918. The molecule has 0 bridgehead atoms. The maximum absolute atomic E-state index is 6.07. The van der Waals surface area contributed by atoms with Crippen molar-refractivity contribution in [1.82, 2.24) is 4.90 Å². The molecule has 0 radical (unpaired) electrons. The molecule has 18 heavy (non-hydrogen) atoms. The van der Waals surface area contributed by atoms with Gasteiger partial charge >= 0.3 is 0 Å². The Labute approximate surface area is 118 Å². The summed E-state index contributed by atoms with van der Waals surface area (Å²) in [5.74, 6) is 0.920. The van der Waals surface area contributed by atoms with Crippen molar-refractivity contribution in [3.63, 3.8) is 0 Å². The van der Waals surface area contributed by atoms with Crippen LogP contribution >= 0.6 is 22.9 Å². The standard InChI is InChI=1S/C14H21ClN2S/c15-14-7-6-13(18-14)12(9-16)17-8-2-4-10-3-1-5-11(10)17/h6-7,10-12H,1-5,8-9,16H2. The summed E-state index contributed by atoms with van der Waals surface area (Å²) in [5.41, 5.74) is 6.05. The number of hydrogen-bond acceptors (Lipinski definition) is 3. The number of likely N-dealkylation sites (tertiary alicyclic amines) is 1. The Kier molecular flexibility index (Phi) is 3.94. The second-order valence-electron chi connectivity index (χ2n) is 5.53. The molecule has 2 heterocycles. The van der Waals surface area contributed by atoms with Gasteiger partial charge in [-0.3, -0.25) is 4.90 Å². The van der Waals surface area contributed by atoms with E-state index >= 15 is 0 Å². The van der Waals surface area contributed by atoms with Crippen LogP contribution in [0, 0.1) is 5.92 Å². The predicted octanol–water partition coefficient (Wildman–Crippen LogP) is 3.67. The van der Waals surface area contributed by atoms with Crippen molar-refractivity contribution in [1.29, 1.82) is 0 Å². The minimum atomic E-state index is 0.383. The SMILES string of the molecule is NCC(c1ccc(Cl)s1)N1CCCC2CCCC21. The van der Waals surface area contributed by atoms with Gasteiger partial charge in [-0.05, 0) is 50.3 Å². The Balaban J connectivity index is 1.82. The van der Waals surface area contributed by atoms with Gasteiger partial charge in [0.05, 0.1) is 10.4 Å². The molecule has 1 aliphatic carbocycles. The fraction of sp³-hybridized carbons (Fsp3) is 0.714. The molecule has 2 N–H and O–H groups in total. The van der Waals surface area contributed by atoms with Crippen molar-refractivity contribution in [3.05, 3.63) is 21.3 Å². The maximum Gasteiger partial charge on any atom is 0.0931 e. The van der Waals surface area contributed by atoms with Gasteiger partial charge in [0.2, 0.25) is 0 Å². The van der Waals surface area contributed by atoms with E-state index in [1.807, 2.05) is 6.07 Å². The molecule has 1 saturated carbocycles. The Morgan fingerprint density at radius 2 is 2.17 bits per heavy atom. The number of hydrogen-bond donors (Lipinski definition) is 1. The molecule has 1 saturated heterocycles. The summed E-state index contributed by atoms with van der Waals surface area (Å²) in [6.07, 6.45) is 6.93. The summed E-state index contributed by atoms with van der Waals surface area (Å²) in [6, 6.07) is 5.31. The zero-order valence-corrected chi connectivity index (χ0v) is 12.2. The number of fused-ring (bicyclic) bond motifs is 1. The second-order valence-corrected chi connectivity index (χ2v) is 7.28. The molecule has 2 nitrogen and oxygen atoms in total. The first-order valence-electron chi connectivity index (χ1n) is 7.00. The highest BCUT2D eigenvalue weighted by atomic mass is 35.5. The fourth-order valence-corrected chi connectivity index (χ4v) is 5.00. The molecule has 0 aromatic carbocycles. The van der Waals surface area contributed by atoms with Crippen LogP contribution in [0.15, 0.2) is 12.1 Å². The average molecular weight is 285 g/mol. The molecular formula is C14H21ClN2S. The van der Waals surface area contributed by atoms with Crippen LogP contribution in [-0.4, -0.2) is 24.0 Å². The first-order valence-corrected chi connectivity index (χ1v) is 8.20. The molecule has 2 fully saturated rings. The number of thiophene rings is 1. The molecular weight excluding hydrogens is 264 g/mol. The zero-order valence-electron chi connectivity index (χ0n) is 10.6. The summed E-state index contributed by atoms with van der Waals surface area (Å²) >= 11 is 7.76. The van der Waals surface area contributed by atoms with E-state index in [0.717, 1.165) is 16.3 Å². The van der Waals surface area contributed by atoms with Crippen LogP contribution in [0.25, 0.3) is 0 Å². The van der Waals surface area contributed by atoms with Crippen LogP contribution < -0.4 is 5.73 Å². The van der Waals surface area contributed by atoms with Gasteiger partial charge in [-0.1, -0.05) is 18.0 Å². The molecule has 1 aromatic heterocycles. The average Bonchev–Trinajstić information content (AvgIpc) is 2.99. The monoisotopic (exact) mass is 284 g/mol. The Hall–Kier alpha value is -0.0900. The summed E-state index contributed by atoms with van der Waals surface area (Å²) in [7, 11) is 0. The highest BCUT2D eigenvalue weighted by Crippen LogP contribution is 2.41. The van der Waals surface area contributed by atoms with Gasteiger partial charge < -0.3 is 5.73 Å². The molecule has 2 aliphatic rings. The zero-order chi connectivity index (χ0) is 12.5. The number of nitrogens with two attached hydrogens (primary N) is 1. The maximum atomic E-state index is 6.07. The van der Waals surface area contributed by atoms with Gasteiger partial charge in [0.15, 0.2) is 0 Å². The highest BCUT2D eigenvalue weighted by Gasteiger charge is 2.38. The third-order valence-electron chi connectivity index (χ3n) is 4.58. The van der Waals surface area contributed by atoms with Gasteiger partial charge in [0.25, 0.3) is 0 Å². The topological polar surface area (TPSA) is 29.3 Å². The van der Waals surface area contributed by atoms with Crippen LogP contribution in [-0.2, 0) is 0 Å². The minimum absolute atomic E-state index is 0.383. The van der Waals surface area contributed by atoms with Gasteiger partial charge in [0, 0.05) is 17.5 Å². The van der Waals surface area contributed by atoms with E-state index < -0.39 is 0 Å². The third kappa shape index (κ3) is 2.34. The predicted molar refractivity (Wildman–Crippen MR) is 78.2 cm³/mol. The molecule has 3 unspecified atom stereocenters. The Bertz CT molecular complexity index is 406. The van der Waals surface area contributed by atoms with E-state index in [9.17, 15) is 0 Å². The third-order valence-corrected chi connectivity index (χ3v) is 5.91. The lowest BCUT2D eigenvalue weighted by atomic mass is 9.90. The van der Waals surface area contributed by atoms with Gasteiger partial charge in [-0.25, -0.2) is 0 Å². The molecule has 3 atom stereocenters. The molecule has 1 aromatic rings. The van der Waals surface area contributed by atoms with Crippen molar-refractivity contribution in [3.8, 4) is 0 Å². The van der Waals surface area contributed by atoms with Crippen LogP contribution in [0.1, 0.15) is 43.0 Å². The lowest BCUT2D eigenvalue weighted by Gasteiger charge is -2.42. The lowest BCUT2D eigenvalue weighted by Crippen LogP contribution is -2.46. The van der Waals surface area contributed by atoms with E-state index in [4.69, 9.17) is 17.3 Å². The first kappa shape index (κ1) is 12.9. The van der Waals surface area contributed by atoms with E-state index in [-0.39, 0.29) is 0 Å². The van der Waals surface area contributed by atoms with Gasteiger partial charge in [-0.15, -0.1) is 11.3 Å². The number of piperidine rings is 1. The summed E-state index contributed by atoms with van der Waals surface area (Å²) in [4.78, 5) is 4.01. The van der Waals surface area contributed by atoms with Crippen molar-refractivity contribution in [2.45, 2.75) is 44.2 Å². The van der Waals surface area contributed by atoms with Crippen molar-refractivity contribution < 1.29 is 0 Å². The van der Waals surface area contributed by atoms with Crippen molar-refractivity contribution in [2.24, 2.45) is 11.7 Å². The normalized spacial score (nSPS) is 30.3. The molecule has 100 valence electrons. The molecule has 1 aliphatic heterocycles. The smallest absolute Gasteiger partial charge is 0.0931 e. The number of nitrogens with zero attached hydrogens (tertiary/aromatic N) is 1. The first-order chi connectivity index (χ1) is 8.79. The van der Waals surface area contributed by atoms with Crippen LogP contribution in [0.4, 0.5) is 0 Å². The summed E-state index contributed by atoms with van der Waals surface area (Å²) in [6.45, 7) is 1.92. The van der Waals surface area contributed by atoms with Crippen molar-refractivity contribution in [2.75, 3.05) is 13.1 Å². The van der Waals surface area contributed by atoms with Gasteiger partial charge in [-0.2, -0.15) is 0 Å². The van der Waals surface area contributed by atoms with E-state index in [1.165, 1.54) is 43.5 Å². The van der Waals surface area contributed by atoms with Crippen LogP contribution in [0.3, 0.4) is 0 Å². The highest BCUT2D eigenvalue weighted by molar-refractivity contribution is 7.16. The summed E-state index contributed by atoms with van der Waals surface area (Å²) < 4.78 is 0.878. The Morgan fingerprint density at radius 3 is 2.89 bits per heavy atom. The number of rotatable bonds is 3. The lowest BCUT2D eigenvalue weighted by molar-refractivity contribution is 0.0716. The van der Waals surface area contributed by atoms with Crippen LogP contribution in [0.5, 0.6) is 0 Å². The summed E-state index contributed by atoms with van der Waals surface area (Å²) in [5, 5.41) is 0. The molecule has 4 heteroatoms. The van der Waals surface area contributed by atoms with Gasteiger partial charge in [0.1, 0.15) is 0 Å². The minimum Gasteiger partial charge on any atom is -0.329 e. The molecule has 0 amide bonds. The van der Waals surface area contributed by atoms with E-state index in [1.54, 1.807) is 11.3 Å². The van der Waals surface area contributed by atoms with E-state index in [0.29, 0.717) is 12.6 Å².